The Hall–Kier alpha value is -1.95. The molecule has 3 nitrogen and oxygen atoms in total. The molecule has 92 valence electrons. The van der Waals surface area contributed by atoms with E-state index in [0.29, 0.717) is 21.9 Å². The highest BCUT2D eigenvalue weighted by Gasteiger charge is 2.13. The number of aromatic amines is 1. The molecule has 2 heterocycles. The Kier molecular flexibility index (Phi) is 2.34. The number of H-pyrrole nitrogens is 1. The number of nitrogens with one attached hydrogen (secondary N) is 1. The Morgan fingerprint density at radius 2 is 1.94 bits per heavy atom. The normalized spacial score (nSPS) is 11.3. The van der Waals surface area contributed by atoms with Crippen molar-refractivity contribution >= 4 is 27.4 Å². The number of rotatable bonds is 1. The molecule has 0 unspecified atom stereocenters. The van der Waals surface area contributed by atoms with Gasteiger partial charge in [0.2, 0.25) is 0 Å². The van der Waals surface area contributed by atoms with E-state index in [-0.39, 0.29) is 0 Å². The average Bonchev–Trinajstić information content (AvgIpc) is 2.82. The Morgan fingerprint density at radius 1 is 1.22 bits per heavy atom. The van der Waals surface area contributed by atoms with Gasteiger partial charge in [-0.15, -0.1) is 11.3 Å². The van der Waals surface area contributed by atoms with Gasteiger partial charge in [0.05, 0.1) is 21.6 Å². The summed E-state index contributed by atoms with van der Waals surface area (Å²) in [6.45, 7) is 1.94. The van der Waals surface area contributed by atoms with Crippen LogP contribution >= 0.6 is 11.3 Å². The molecule has 0 aliphatic heterocycles. The van der Waals surface area contributed by atoms with E-state index >= 15 is 0 Å². The summed E-state index contributed by atoms with van der Waals surface area (Å²) in [7, 11) is 0. The first-order chi connectivity index (χ1) is 8.54. The lowest BCUT2D eigenvalue weighted by Crippen LogP contribution is -1.84. The number of nitrogens with zero attached hydrogens (tertiary/aromatic N) is 1. The van der Waals surface area contributed by atoms with E-state index in [9.17, 15) is 8.78 Å². The standard InChI is InChI=1S/C12H9F2N3S/c1-5-2-6(11(15)18-5)12-16-9-3-7(13)8(14)4-10(9)17-12/h2-4H,15H2,1H3,(H,16,17). The zero-order valence-corrected chi connectivity index (χ0v) is 10.2. The summed E-state index contributed by atoms with van der Waals surface area (Å²) in [5, 5.41) is 0.632. The van der Waals surface area contributed by atoms with Crippen LogP contribution in [-0.4, -0.2) is 9.97 Å². The van der Waals surface area contributed by atoms with Gasteiger partial charge in [0, 0.05) is 17.0 Å². The number of thiophene rings is 1. The molecular weight excluding hydrogens is 256 g/mol. The highest BCUT2D eigenvalue weighted by Crippen LogP contribution is 2.33. The molecule has 6 heteroatoms. The molecule has 0 atom stereocenters. The van der Waals surface area contributed by atoms with Crippen molar-refractivity contribution in [2.75, 3.05) is 5.73 Å². The first kappa shape index (κ1) is 11.2. The van der Waals surface area contributed by atoms with Crippen LogP contribution in [0.3, 0.4) is 0 Å². The van der Waals surface area contributed by atoms with E-state index in [4.69, 9.17) is 5.73 Å². The molecule has 3 rings (SSSR count). The van der Waals surface area contributed by atoms with Gasteiger partial charge in [-0.05, 0) is 13.0 Å². The van der Waals surface area contributed by atoms with Crippen molar-refractivity contribution < 1.29 is 8.78 Å². The van der Waals surface area contributed by atoms with E-state index < -0.39 is 11.6 Å². The van der Waals surface area contributed by atoms with E-state index in [1.54, 1.807) is 0 Å². The number of nitrogen functional groups attached to an aromatic ring is 1. The zero-order valence-electron chi connectivity index (χ0n) is 9.42. The first-order valence-electron chi connectivity index (χ1n) is 5.25. The highest BCUT2D eigenvalue weighted by molar-refractivity contribution is 7.16. The minimum absolute atomic E-state index is 0.382. The van der Waals surface area contributed by atoms with Gasteiger partial charge in [0.1, 0.15) is 5.82 Å². The molecular formula is C12H9F2N3S. The average molecular weight is 265 g/mol. The molecule has 0 fully saturated rings. The molecule has 0 radical (unpaired) electrons. The molecule has 0 saturated heterocycles. The fourth-order valence-corrected chi connectivity index (χ4v) is 2.64. The topological polar surface area (TPSA) is 54.7 Å². The SMILES string of the molecule is Cc1cc(-c2nc3cc(F)c(F)cc3[nH]2)c(N)s1. The molecule has 3 aromatic rings. The fraction of sp³-hybridized carbons (Fsp3) is 0.0833. The number of aryl methyl sites for hydroxylation is 1. The van der Waals surface area contributed by atoms with E-state index in [0.717, 1.165) is 22.6 Å². The summed E-state index contributed by atoms with van der Waals surface area (Å²) in [5.41, 5.74) is 7.46. The maximum absolute atomic E-state index is 13.1. The maximum Gasteiger partial charge on any atom is 0.161 e. The molecule has 0 bridgehead atoms. The van der Waals surface area contributed by atoms with Gasteiger partial charge in [-0.3, -0.25) is 0 Å². The summed E-state index contributed by atoms with van der Waals surface area (Å²) < 4.78 is 26.2. The van der Waals surface area contributed by atoms with Crippen LogP contribution in [0.2, 0.25) is 0 Å². The lowest BCUT2D eigenvalue weighted by molar-refractivity contribution is 0.510. The third-order valence-corrected chi connectivity index (χ3v) is 3.54. The van der Waals surface area contributed by atoms with Crippen molar-refractivity contribution in [2.45, 2.75) is 6.92 Å². The van der Waals surface area contributed by atoms with Crippen LogP contribution in [0.25, 0.3) is 22.4 Å². The van der Waals surface area contributed by atoms with Crippen LogP contribution in [0.1, 0.15) is 4.88 Å². The second-order valence-electron chi connectivity index (χ2n) is 4.00. The van der Waals surface area contributed by atoms with Crippen LogP contribution in [0.4, 0.5) is 13.8 Å². The van der Waals surface area contributed by atoms with Crippen molar-refractivity contribution in [1.29, 1.82) is 0 Å². The van der Waals surface area contributed by atoms with Crippen LogP contribution < -0.4 is 5.73 Å². The van der Waals surface area contributed by atoms with Gasteiger partial charge in [-0.25, -0.2) is 13.8 Å². The Bertz CT molecular complexity index is 706. The molecule has 0 spiro atoms. The molecule has 3 N–H and O–H groups in total. The number of hydrogen-bond acceptors (Lipinski definition) is 3. The predicted molar refractivity (Wildman–Crippen MR) is 68.5 cm³/mol. The third kappa shape index (κ3) is 1.65. The monoisotopic (exact) mass is 265 g/mol. The number of fused-ring (bicyclic) bond motifs is 1. The molecule has 0 aliphatic rings. The number of anilines is 1. The van der Waals surface area contributed by atoms with Gasteiger partial charge < -0.3 is 10.7 Å². The number of halogens is 2. The van der Waals surface area contributed by atoms with Gasteiger partial charge in [0.25, 0.3) is 0 Å². The number of hydrogen-bond donors (Lipinski definition) is 2. The second-order valence-corrected chi connectivity index (χ2v) is 5.29. The number of aromatic nitrogens is 2. The van der Waals surface area contributed by atoms with Crippen LogP contribution in [0, 0.1) is 18.6 Å². The van der Waals surface area contributed by atoms with Crippen molar-refractivity contribution in [3.8, 4) is 11.4 Å². The van der Waals surface area contributed by atoms with E-state index in [1.165, 1.54) is 11.3 Å². The van der Waals surface area contributed by atoms with Gasteiger partial charge in [-0.2, -0.15) is 0 Å². The zero-order chi connectivity index (χ0) is 12.9. The third-order valence-electron chi connectivity index (χ3n) is 2.66. The highest BCUT2D eigenvalue weighted by atomic mass is 32.1. The minimum Gasteiger partial charge on any atom is -0.390 e. The number of benzene rings is 1. The summed E-state index contributed by atoms with van der Waals surface area (Å²) in [4.78, 5) is 8.22. The van der Waals surface area contributed by atoms with Crippen LogP contribution in [-0.2, 0) is 0 Å². The Balaban J connectivity index is 2.22. The lowest BCUT2D eigenvalue weighted by atomic mass is 10.3. The molecule has 0 amide bonds. The number of imidazole rings is 1. The lowest BCUT2D eigenvalue weighted by Gasteiger charge is -1.92. The molecule has 2 aromatic heterocycles. The van der Waals surface area contributed by atoms with Crippen LogP contribution in [0.15, 0.2) is 18.2 Å². The molecule has 1 aromatic carbocycles. The quantitative estimate of drug-likeness (QED) is 0.708. The first-order valence-corrected chi connectivity index (χ1v) is 6.07. The largest absolute Gasteiger partial charge is 0.390 e. The van der Waals surface area contributed by atoms with Gasteiger partial charge >= 0.3 is 0 Å². The fourth-order valence-electron chi connectivity index (χ4n) is 1.85. The Labute approximate surface area is 105 Å². The van der Waals surface area contributed by atoms with E-state index in [1.807, 2.05) is 13.0 Å². The molecule has 0 saturated carbocycles. The molecule has 18 heavy (non-hydrogen) atoms. The summed E-state index contributed by atoms with van der Waals surface area (Å²) >= 11 is 1.45. The Morgan fingerprint density at radius 3 is 2.61 bits per heavy atom. The predicted octanol–water partition coefficient (Wildman–Crippen LogP) is 3.46. The smallest absolute Gasteiger partial charge is 0.161 e. The van der Waals surface area contributed by atoms with Crippen molar-refractivity contribution in [3.63, 3.8) is 0 Å². The summed E-state index contributed by atoms with van der Waals surface area (Å²) in [5.74, 6) is -1.28. The van der Waals surface area contributed by atoms with Crippen molar-refractivity contribution in [3.05, 3.63) is 34.7 Å². The van der Waals surface area contributed by atoms with Gasteiger partial charge in [0.15, 0.2) is 11.6 Å². The van der Waals surface area contributed by atoms with Crippen LogP contribution in [0.5, 0.6) is 0 Å². The van der Waals surface area contributed by atoms with Gasteiger partial charge in [-0.1, -0.05) is 0 Å². The second kappa shape index (κ2) is 3.78. The van der Waals surface area contributed by atoms with Crippen molar-refractivity contribution in [2.24, 2.45) is 0 Å². The maximum atomic E-state index is 13.1. The van der Waals surface area contributed by atoms with Crippen molar-refractivity contribution in [1.82, 2.24) is 9.97 Å². The summed E-state index contributed by atoms with van der Waals surface area (Å²) in [6.07, 6.45) is 0. The van der Waals surface area contributed by atoms with E-state index in [2.05, 4.69) is 9.97 Å². The molecule has 0 aliphatic carbocycles. The number of nitrogens with two attached hydrogens (primary N) is 1. The minimum atomic E-state index is -0.907. The summed E-state index contributed by atoms with van der Waals surface area (Å²) in [6, 6.07) is 4.06.